The third kappa shape index (κ3) is 5.52. The van der Waals surface area contributed by atoms with Crippen LogP contribution in [0.1, 0.15) is 37.5 Å². The zero-order valence-corrected chi connectivity index (χ0v) is 17.4. The van der Waals surface area contributed by atoms with E-state index in [1.807, 2.05) is 16.8 Å². The van der Waals surface area contributed by atoms with Crippen LogP contribution in [0.5, 0.6) is 0 Å². The van der Waals surface area contributed by atoms with Gasteiger partial charge in [-0.2, -0.15) is 5.26 Å². The van der Waals surface area contributed by atoms with Gasteiger partial charge in [0.1, 0.15) is 5.76 Å². The highest BCUT2D eigenvalue weighted by Gasteiger charge is 2.17. The van der Waals surface area contributed by atoms with Crippen LogP contribution >= 0.6 is 11.8 Å². The lowest BCUT2D eigenvalue weighted by Gasteiger charge is -2.20. The van der Waals surface area contributed by atoms with Crippen molar-refractivity contribution in [3.63, 3.8) is 0 Å². The molecule has 0 atom stereocenters. The highest BCUT2D eigenvalue weighted by atomic mass is 32.2. The van der Waals surface area contributed by atoms with Crippen molar-refractivity contribution >= 4 is 17.7 Å². The largest absolute Gasteiger partial charge is 0.467 e. The Bertz CT molecular complexity index is 956. The number of carbonyl (C=O) groups excluding carboxylic acids is 1. The lowest BCUT2D eigenvalue weighted by molar-refractivity contribution is -0.129. The molecule has 0 aliphatic rings. The van der Waals surface area contributed by atoms with E-state index in [2.05, 4.69) is 49.2 Å². The molecule has 1 aromatic carbocycles. The molecule has 2 heterocycles. The molecule has 1 amide bonds. The van der Waals surface area contributed by atoms with Crippen molar-refractivity contribution in [3.05, 3.63) is 66.4 Å². The Hall–Kier alpha value is -2.98. The summed E-state index contributed by atoms with van der Waals surface area (Å²) < 4.78 is 7.33. The minimum absolute atomic E-state index is 0.0497. The first-order valence-electron chi connectivity index (χ1n) is 9.52. The smallest absolute Gasteiger partial charge is 0.233 e. The van der Waals surface area contributed by atoms with Crippen LogP contribution in [0.4, 0.5) is 0 Å². The summed E-state index contributed by atoms with van der Waals surface area (Å²) in [5.41, 5.74) is 2.29. The van der Waals surface area contributed by atoms with Gasteiger partial charge in [0.2, 0.25) is 5.91 Å². The number of furan rings is 1. The number of nitriles is 1. The molecule has 0 aliphatic heterocycles. The van der Waals surface area contributed by atoms with Gasteiger partial charge in [-0.05, 0) is 35.7 Å². The molecule has 0 aliphatic carbocycles. The third-order valence-corrected chi connectivity index (χ3v) is 5.49. The number of amides is 1. The maximum Gasteiger partial charge on any atom is 0.233 e. The number of rotatable bonds is 9. The monoisotopic (exact) mass is 408 g/mol. The molecule has 0 radical (unpaired) electrons. The number of thioether (sulfide) groups is 1. The highest BCUT2D eigenvalue weighted by Crippen LogP contribution is 2.23. The van der Waals surface area contributed by atoms with Crippen LogP contribution in [0.3, 0.4) is 0 Å². The van der Waals surface area contributed by atoms with E-state index in [1.165, 1.54) is 17.3 Å². The summed E-state index contributed by atoms with van der Waals surface area (Å²) in [6.45, 7) is 5.07. The molecule has 3 aromatic rings. The fourth-order valence-corrected chi connectivity index (χ4v) is 3.77. The van der Waals surface area contributed by atoms with E-state index in [9.17, 15) is 4.79 Å². The van der Waals surface area contributed by atoms with E-state index in [0.29, 0.717) is 24.8 Å². The molecule has 3 rings (SSSR count). The first kappa shape index (κ1) is 20.7. The zero-order valence-electron chi connectivity index (χ0n) is 16.6. The Morgan fingerprint density at radius 3 is 2.76 bits per heavy atom. The van der Waals surface area contributed by atoms with Crippen LogP contribution in [0.15, 0.2) is 64.6 Å². The van der Waals surface area contributed by atoms with Gasteiger partial charge < -0.3 is 9.32 Å². The number of benzene rings is 1. The Balaban J connectivity index is 1.66. The van der Waals surface area contributed by atoms with Crippen LogP contribution in [-0.4, -0.2) is 32.7 Å². The minimum Gasteiger partial charge on any atom is -0.467 e. The molecular weight excluding hydrogens is 384 g/mol. The fourth-order valence-electron chi connectivity index (χ4n) is 2.90. The predicted molar refractivity (Wildman–Crippen MR) is 113 cm³/mol. The van der Waals surface area contributed by atoms with Gasteiger partial charge in [0.15, 0.2) is 5.16 Å². The van der Waals surface area contributed by atoms with Gasteiger partial charge in [0.05, 0.1) is 31.1 Å². The topological polar surface area (TPSA) is 75.1 Å². The maximum absolute atomic E-state index is 12.8. The van der Waals surface area contributed by atoms with Gasteiger partial charge in [-0.3, -0.25) is 9.36 Å². The molecule has 2 aromatic heterocycles. The first-order chi connectivity index (χ1) is 14.1. The summed E-state index contributed by atoms with van der Waals surface area (Å²) in [6.07, 6.45) is 5.50. The quantitative estimate of drug-likeness (QED) is 0.483. The molecule has 6 nitrogen and oxygen atoms in total. The molecule has 0 unspecified atom stereocenters. The van der Waals surface area contributed by atoms with Gasteiger partial charge in [-0.25, -0.2) is 4.98 Å². The Labute approximate surface area is 175 Å². The minimum atomic E-state index is -0.0497. The van der Waals surface area contributed by atoms with Crippen molar-refractivity contribution < 1.29 is 9.21 Å². The molecular formula is C22H24N4O2S. The van der Waals surface area contributed by atoms with Crippen LogP contribution in [-0.2, 0) is 11.3 Å². The van der Waals surface area contributed by atoms with Gasteiger partial charge in [-0.1, -0.05) is 37.7 Å². The van der Waals surface area contributed by atoms with E-state index >= 15 is 0 Å². The molecule has 0 saturated heterocycles. The van der Waals surface area contributed by atoms with Crippen molar-refractivity contribution in [1.82, 2.24) is 14.5 Å². The zero-order chi connectivity index (χ0) is 20.6. The molecule has 0 fully saturated rings. The van der Waals surface area contributed by atoms with E-state index < -0.39 is 0 Å². The summed E-state index contributed by atoms with van der Waals surface area (Å²) >= 11 is 1.39. The van der Waals surface area contributed by atoms with Crippen molar-refractivity contribution in [3.8, 4) is 11.8 Å². The molecule has 0 spiro atoms. The summed E-state index contributed by atoms with van der Waals surface area (Å²) in [5, 5.41) is 9.65. The second-order valence-electron chi connectivity index (χ2n) is 6.92. The second kappa shape index (κ2) is 9.99. The standard InChI is InChI=1S/C22H24N4O2S/c1-17(2)18-6-8-19(9-7-18)26-13-11-24-22(26)29-16-21(27)25(12-4-10-23)15-20-5-3-14-28-20/h3,5-9,11,13-14,17H,4,12,15-16H2,1-2H3. The van der Waals surface area contributed by atoms with Gasteiger partial charge in [-0.15, -0.1) is 0 Å². The average Bonchev–Trinajstić information content (AvgIpc) is 3.41. The van der Waals surface area contributed by atoms with Crippen molar-refractivity contribution in [2.75, 3.05) is 12.3 Å². The number of carbonyl (C=O) groups is 1. The number of imidazole rings is 1. The summed E-state index contributed by atoms with van der Waals surface area (Å²) in [6, 6.07) is 14.1. The van der Waals surface area contributed by atoms with Crippen LogP contribution in [0, 0.1) is 11.3 Å². The molecule has 29 heavy (non-hydrogen) atoms. The van der Waals surface area contributed by atoms with E-state index in [4.69, 9.17) is 9.68 Å². The fraction of sp³-hybridized carbons (Fsp3) is 0.318. The number of nitrogens with zero attached hydrogens (tertiary/aromatic N) is 4. The van der Waals surface area contributed by atoms with Crippen molar-refractivity contribution in [1.29, 1.82) is 5.26 Å². The van der Waals surface area contributed by atoms with E-state index in [1.54, 1.807) is 23.4 Å². The molecule has 0 saturated carbocycles. The molecule has 7 heteroatoms. The predicted octanol–water partition coefficient (Wildman–Crippen LogP) is 4.62. The molecule has 0 bridgehead atoms. The second-order valence-corrected chi connectivity index (χ2v) is 7.86. The van der Waals surface area contributed by atoms with Gasteiger partial charge >= 0.3 is 0 Å². The SMILES string of the molecule is CC(C)c1ccc(-n2ccnc2SCC(=O)N(CCC#N)Cc2ccco2)cc1. The number of aromatic nitrogens is 2. The van der Waals surface area contributed by atoms with Gasteiger partial charge in [0.25, 0.3) is 0 Å². The summed E-state index contributed by atoms with van der Waals surface area (Å²) in [4.78, 5) is 18.8. The number of hydrogen-bond donors (Lipinski definition) is 0. The first-order valence-corrected chi connectivity index (χ1v) is 10.5. The van der Waals surface area contributed by atoms with Crippen molar-refractivity contribution in [2.24, 2.45) is 0 Å². The van der Waals surface area contributed by atoms with E-state index in [0.717, 1.165) is 10.8 Å². The maximum atomic E-state index is 12.8. The van der Waals surface area contributed by atoms with E-state index in [-0.39, 0.29) is 18.1 Å². The molecule has 0 N–H and O–H groups in total. The number of hydrogen-bond acceptors (Lipinski definition) is 5. The normalized spacial score (nSPS) is 10.8. The van der Waals surface area contributed by atoms with Crippen LogP contribution in [0.25, 0.3) is 5.69 Å². The van der Waals surface area contributed by atoms with Gasteiger partial charge in [0, 0.05) is 24.6 Å². The Morgan fingerprint density at radius 2 is 2.10 bits per heavy atom. The average molecular weight is 409 g/mol. The summed E-state index contributed by atoms with van der Waals surface area (Å²) in [7, 11) is 0. The van der Waals surface area contributed by atoms with Crippen molar-refractivity contribution in [2.45, 2.75) is 37.9 Å². The highest BCUT2D eigenvalue weighted by molar-refractivity contribution is 7.99. The molecule has 150 valence electrons. The Morgan fingerprint density at radius 1 is 1.31 bits per heavy atom. The third-order valence-electron chi connectivity index (χ3n) is 4.54. The van der Waals surface area contributed by atoms with Crippen LogP contribution < -0.4 is 0 Å². The Kier molecular flexibility index (Phi) is 7.14. The lowest BCUT2D eigenvalue weighted by atomic mass is 10.0. The summed E-state index contributed by atoms with van der Waals surface area (Å²) in [5.74, 6) is 1.37. The van der Waals surface area contributed by atoms with Crippen LogP contribution in [0.2, 0.25) is 0 Å². The lowest BCUT2D eigenvalue weighted by Crippen LogP contribution is -2.32.